The van der Waals surface area contributed by atoms with E-state index in [9.17, 15) is 9.59 Å². The van der Waals surface area contributed by atoms with Crippen molar-refractivity contribution in [3.63, 3.8) is 0 Å². The minimum Gasteiger partial charge on any atom is -0.463 e. The summed E-state index contributed by atoms with van der Waals surface area (Å²) in [6.07, 6.45) is -0.515. The molecule has 2 heterocycles. The van der Waals surface area contributed by atoms with Gasteiger partial charge in [-0.3, -0.25) is 0 Å². The van der Waals surface area contributed by atoms with Gasteiger partial charge in [-0.25, -0.2) is 9.59 Å². The minimum absolute atomic E-state index is 0.0564. The summed E-state index contributed by atoms with van der Waals surface area (Å²) in [6, 6.07) is 8.65. The Morgan fingerprint density at radius 3 is 2.58 bits per heavy atom. The molecule has 0 bridgehead atoms. The molecule has 7 heteroatoms. The summed E-state index contributed by atoms with van der Waals surface area (Å²) in [6.45, 7) is 5.46. The lowest BCUT2D eigenvalue weighted by atomic mass is 10.1. The van der Waals surface area contributed by atoms with Gasteiger partial charge in [0.2, 0.25) is 0 Å². The van der Waals surface area contributed by atoms with Crippen LogP contribution in [-0.2, 0) is 28.5 Å². The number of hydrogen-bond acceptors (Lipinski definition) is 7. The zero-order valence-electron chi connectivity index (χ0n) is 15.0. The molecule has 0 amide bonds. The molecule has 0 aliphatic carbocycles. The highest BCUT2D eigenvalue weighted by atomic mass is 16.8. The van der Waals surface area contributed by atoms with E-state index in [2.05, 4.69) is 0 Å². The van der Waals surface area contributed by atoms with Gasteiger partial charge in [0.25, 0.3) is 0 Å². The molecule has 2 aliphatic heterocycles. The summed E-state index contributed by atoms with van der Waals surface area (Å²) in [5.41, 5.74) is 0.982. The van der Waals surface area contributed by atoms with E-state index in [0.29, 0.717) is 11.1 Å². The van der Waals surface area contributed by atoms with E-state index in [1.807, 2.05) is 6.07 Å². The molecule has 1 aromatic rings. The van der Waals surface area contributed by atoms with E-state index in [1.54, 1.807) is 45.0 Å². The van der Waals surface area contributed by atoms with Crippen molar-refractivity contribution < 1.29 is 33.3 Å². The molecule has 26 heavy (non-hydrogen) atoms. The minimum atomic E-state index is -0.825. The standard InChI is InChI=1S/C19H22O7/c1-4-22-15(20)10-13-14(24-18-16(13)25-19(2,3)26-18)11-23-17(21)12-8-6-5-7-9-12/h5-10,14,16,18H,4,11H2,1-3H3/b13-10-/t14-,16-,18-/m1/s1. The molecule has 2 fully saturated rings. The predicted molar refractivity (Wildman–Crippen MR) is 90.1 cm³/mol. The molecule has 0 saturated carbocycles. The number of benzene rings is 1. The van der Waals surface area contributed by atoms with E-state index in [0.717, 1.165) is 0 Å². The maximum absolute atomic E-state index is 12.1. The summed E-state index contributed by atoms with van der Waals surface area (Å²) >= 11 is 0. The number of rotatable bonds is 5. The lowest BCUT2D eigenvalue weighted by Crippen LogP contribution is -2.28. The maximum atomic E-state index is 12.1. The van der Waals surface area contributed by atoms with E-state index in [-0.39, 0.29) is 13.2 Å². The maximum Gasteiger partial charge on any atom is 0.338 e. The average molecular weight is 362 g/mol. The molecular weight excluding hydrogens is 340 g/mol. The molecule has 7 nitrogen and oxygen atoms in total. The largest absolute Gasteiger partial charge is 0.463 e. The first-order valence-electron chi connectivity index (χ1n) is 8.51. The van der Waals surface area contributed by atoms with Crippen LogP contribution in [0.15, 0.2) is 42.0 Å². The zero-order chi connectivity index (χ0) is 18.7. The van der Waals surface area contributed by atoms with Crippen LogP contribution in [0.3, 0.4) is 0 Å². The normalized spacial score (nSPS) is 28.0. The van der Waals surface area contributed by atoms with Gasteiger partial charge in [-0.05, 0) is 32.9 Å². The number of ether oxygens (including phenoxy) is 5. The number of fused-ring (bicyclic) bond motifs is 1. The van der Waals surface area contributed by atoms with Crippen molar-refractivity contribution in [1.82, 2.24) is 0 Å². The Balaban J connectivity index is 1.71. The molecular formula is C19H22O7. The first-order chi connectivity index (χ1) is 12.4. The van der Waals surface area contributed by atoms with Crippen LogP contribution in [0.25, 0.3) is 0 Å². The third-order valence-electron chi connectivity index (χ3n) is 4.00. The molecule has 1 aromatic carbocycles. The lowest BCUT2D eigenvalue weighted by molar-refractivity contribution is -0.203. The molecule has 140 valence electrons. The molecule has 3 atom stereocenters. The second kappa shape index (κ2) is 7.57. The van der Waals surface area contributed by atoms with E-state index < -0.39 is 36.2 Å². The van der Waals surface area contributed by atoms with E-state index in [4.69, 9.17) is 23.7 Å². The third kappa shape index (κ3) is 4.12. The van der Waals surface area contributed by atoms with Crippen LogP contribution in [0.5, 0.6) is 0 Å². The quantitative estimate of drug-likeness (QED) is 0.587. The average Bonchev–Trinajstić information content (AvgIpc) is 3.06. The second-order valence-electron chi connectivity index (χ2n) is 6.41. The summed E-state index contributed by atoms with van der Waals surface area (Å²) < 4.78 is 27.6. The Kier molecular flexibility index (Phi) is 5.41. The number of carbonyl (C=O) groups excluding carboxylic acids is 2. The summed E-state index contributed by atoms with van der Waals surface area (Å²) in [7, 11) is 0. The Hall–Kier alpha value is -2.22. The van der Waals surface area contributed by atoms with E-state index in [1.165, 1.54) is 6.08 Å². The van der Waals surface area contributed by atoms with E-state index >= 15 is 0 Å². The second-order valence-corrected chi connectivity index (χ2v) is 6.41. The van der Waals surface area contributed by atoms with Crippen LogP contribution < -0.4 is 0 Å². The van der Waals surface area contributed by atoms with Gasteiger partial charge >= 0.3 is 11.9 Å². The first kappa shape index (κ1) is 18.6. The van der Waals surface area contributed by atoms with Crippen molar-refractivity contribution in [2.24, 2.45) is 0 Å². The van der Waals surface area contributed by atoms with Crippen molar-refractivity contribution in [2.75, 3.05) is 13.2 Å². The van der Waals surface area contributed by atoms with Crippen LogP contribution in [0.1, 0.15) is 31.1 Å². The molecule has 0 N–H and O–H groups in total. The highest BCUT2D eigenvalue weighted by Crippen LogP contribution is 2.40. The molecule has 0 unspecified atom stereocenters. The van der Waals surface area contributed by atoms with Crippen molar-refractivity contribution >= 4 is 11.9 Å². The van der Waals surface area contributed by atoms with Crippen molar-refractivity contribution in [2.45, 2.75) is 45.1 Å². The summed E-state index contributed by atoms with van der Waals surface area (Å²) in [5, 5.41) is 0. The molecule has 0 aromatic heterocycles. The van der Waals surface area contributed by atoms with Crippen molar-refractivity contribution in [3.05, 3.63) is 47.5 Å². The number of carbonyl (C=O) groups is 2. The Morgan fingerprint density at radius 2 is 1.88 bits per heavy atom. The van der Waals surface area contributed by atoms with Crippen molar-refractivity contribution in [3.8, 4) is 0 Å². The first-order valence-corrected chi connectivity index (χ1v) is 8.51. The van der Waals surface area contributed by atoms with Gasteiger partial charge in [-0.15, -0.1) is 0 Å². The van der Waals surface area contributed by atoms with Gasteiger partial charge in [0.15, 0.2) is 12.1 Å². The fourth-order valence-electron chi connectivity index (χ4n) is 2.92. The zero-order valence-corrected chi connectivity index (χ0v) is 15.0. The Bertz CT molecular complexity index is 695. The third-order valence-corrected chi connectivity index (χ3v) is 4.00. The topological polar surface area (TPSA) is 80.3 Å². The monoisotopic (exact) mass is 362 g/mol. The SMILES string of the molecule is CCOC(=O)/C=C1\[C@H]2OC(C)(C)O[C@H]2O[C@@H]1COC(=O)c1ccccc1. The highest BCUT2D eigenvalue weighted by Gasteiger charge is 2.52. The van der Waals surface area contributed by atoms with Gasteiger partial charge in [0, 0.05) is 11.6 Å². The Morgan fingerprint density at radius 1 is 1.15 bits per heavy atom. The lowest BCUT2D eigenvalue weighted by Gasteiger charge is -2.21. The summed E-state index contributed by atoms with van der Waals surface area (Å²) in [5.74, 6) is -1.79. The Labute approximate surface area is 151 Å². The molecule has 0 spiro atoms. The van der Waals surface area contributed by atoms with Crippen LogP contribution in [0.2, 0.25) is 0 Å². The van der Waals surface area contributed by atoms with Crippen LogP contribution >= 0.6 is 0 Å². The van der Waals surface area contributed by atoms with Gasteiger partial charge in [0.05, 0.1) is 12.2 Å². The van der Waals surface area contributed by atoms with Crippen molar-refractivity contribution in [1.29, 1.82) is 0 Å². The summed E-state index contributed by atoms with van der Waals surface area (Å²) in [4.78, 5) is 24.0. The molecule has 2 aliphatic rings. The van der Waals surface area contributed by atoms with Crippen LogP contribution in [-0.4, -0.2) is 49.4 Å². The van der Waals surface area contributed by atoms with Gasteiger partial charge in [0.1, 0.15) is 18.8 Å². The molecule has 3 rings (SSSR count). The fourth-order valence-corrected chi connectivity index (χ4v) is 2.92. The highest BCUT2D eigenvalue weighted by molar-refractivity contribution is 5.89. The fraction of sp³-hybridized carbons (Fsp3) is 0.474. The van der Waals surface area contributed by atoms with Gasteiger partial charge in [-0.2, -0.15) is 0 Å². The number of esters is 2. The smallest absolute Gasteiger partial charge is 0.338 e. The van der Waals surface area contributed by atoms with Crippen LogP contribution in [0, 0.1) is 0 Å². The molecule has 0 radical (unpaired) electrons. The van der Waals surface area contributed by atoms with Crippen LogP contribution in [0.4, 0.5) is 0 Å². The predicted octanol–water partition coefficient (Wildman–Crippen LogP) is 2.21. The number of hydrogen-bond donors (Lipinski definition) is 0. The molecule has 2 saturated heterocycles. The van der Waals surface area contributed by atoms with Gasteiger partial charge < -0.3 is 23.7 Å². The van der Waals surface area contributed by atoms with Gasteiger partial charge in [-0.1, -0.05) is 18.2 Å².